The molecule has 2 aromatic carbocycles. The molecule has 0 saturated carbocycles. The van der Waals surface area contributed by atoms with Crippen LogP contribution in [0, 0.1) is 0 Å². The number of methoxy groups -OCH3 is 1. The van der Waals surface area contributed by atoms with Gasteiger partial charge in [-0.2, -0.15) is 0 Å². The summed E-state index contributed by atoms with van der Waals surface area (Å²) < 4.78 is 5.11. The highest BCUT2D eigenvalue weighted by Gasteiger charge is 2.25. The van der Waals surface area contributed by atoms with Crippen LogP contribution in [0.3, 0.4) is 0 Å². The molecule has 0 bridgehead atoms. The van der Waals surface area contributed by atoms with Gasteiger partial charge in [-0.05, 0) is 42.5 Å². The fourth-order valence-electron chi connectivity index (χ4n) is 2.89. The second kappa shape index (κ2) is 7.98. The van der Waals surface area contributed by atoms with Crippen LogP contribution in [0.25, 0.3) is 0 Å². The molecular weight excluding hydrogens is 375 g/mol. The number of rotatable bonds is 3. The van der Waals surface area contributed by atoms with Gasteiger partial charge >= 0.3 is 0 Å². The van der Waals surface area contributed by atoms with Crippen molar-refractivity contribution < 1.29 is 14.3 Å². The van der Waals surface area contributed by atoms with Crippen LogP contribution in [0.2, 0.25) is 10.0 Å². The van der Waals surface area contributed by atoms with Crippen molar-refractivity contribution in [3.63, 3.8) is 0 Å². The maximum Gasteiger partial charge on any atom is 0.254 e. The number of amides is 2. The molecule has 1 saturated heterocycles. The van der Waals surface area contributed by atoms with Gasteiger partial charge in [0, 0.05) is 47.4 Å². The third kappa shape index (κ3) is 4.11. The van der Waals surface area contributed by atoms with Gasteiger partial charge in [0.2, 0.25) is 0 Å². The van der Waals surface area contributed by atoms with Crippen molar-refractivity contribution in [1.29, 1.82) is 0 Å². The number of hydrogen-bond acceptors (Lipinski definition) is 3. The Hall–Kier alpha value is -2.24. The smallest absolute Gasteiger partial charge is 0.254 e. The van der Waals surface area contributed by atoms with E-state index in [1.165, 1.54) is 0 Å². The topological polar surface area (TPSA) is 49.9 Å². The van der Waals surface area contributed by atoms with Gasteiger partial charge in [0.1, 0.15) is 5.75 Å². The first-order chi connectivity index (χ1) is 12.5. The molecule has 5 nitrogen and oxygen atoms in total. The first-order valence-electron chi connectivity index (χ1n) is 8.16. The van der Waals surface area contributed by atoms with Crippen LogP contribution in [-0.2, 0) is 0 Å². The summed E-state index contributed by atoms with van der Waals surface area (Å²) in [7, 11) is 1.58. The molecule has 3 rings (SSSR count). The van der Waals surface area contributed by atoms with E-state index in [2.05, 4.69) is 0 Å². The summed E-state index contributed by atoms with van der Waals surface area (Å²) in [6.45, 7) is 1.88. The lowest BCUT2D eigenvalue weighted by atomic mass is 10.1. The maximum absolute atomic E-state index is 12.6. The van der Waals surface area contributed by atoms with Crippen LogP contribution in [0.4, 0.5) is 0 Å². The van der Waals surface area contributed by atoms with E-state index in [0.717, 1.165) is 0 Å². The third-order valence-electron chi connectivity index (χ3n) is 4.30. The van der Waals surface area contributed by atoms with E-state index >= 15 is 0 Å². The lowest BCUT2D eigenvalue weighted by Crippen LogP contribution is -2.50. The highest BCUT2D eigenvalue weighted by Crippen LogP contribution is 2.21. The summed E-state index contributed by atoms with van der Waals surface area (Å²) in [5.74, 6) is 0.522. The largest absolute Gasteiger partial charge is 0.497 e. The molecule has 0 spiro atoms. The average Bonchev–Trinajstić information content (AvgIpc) is 2.66. The Bertz CT molecular complexity index is 796. The Balaban J connectivity index is 1.62. The minimum Gasteiger partial charge on any atom is -0.497 e. The highest BCUT2D eigenvalue weighted by molar-refractivity contribution is 6.35. The van der Waals surface area contributed by atoms with Crippen molar-refractivity contribution in [3.05, 3.63) is 63.6 Å². The number of nitrogens with zero attached hydrogens (tertiary/aromatic N) is 2. The Morgan fingerprint density at radius 1 is 0.808 bits per heavy atom. The summed E-state index contributed by atoms with van der Waals surface area (Å²) in [6.07, 6.45) is 0. The molecule has 26 heavy (non-hydrogen) atoms. The summed E-state index contributed by atoms with van der Waals surface area (Å²) in [4.78, 5) is 28.6. The second-order valence-electron chi connectivity index (χ2n) is 5.97. The van der Waals surface area contributed by atoms with Crippen LogP contribution in [0.15, 0.2) is 42.5 Å². The first-order valence-corrected chi connectivity index (χ1v) is 8.92. The summed E-state index contributed by atoms with van der Waals surface area (Å²) in [5, 5.41) is 0.850. The minimum absolute atomic E-state index is 0.0504. The monoisotopic (exact) mass is 392 g/mol. The van der Waals surface area contributed by atoms with Crippen molar-refractivity contribution >= 4 is 35.0 Å². The molecule has 0 unspecified atom stereocenters. The molecule has 7 heteroatoms. The van der Waals surface area contributed by atoms with E-state index in [4.69, 9.17) is 27.9 Å². The molecule has 1 aliphatic heterocycles. The van der Waals surface area contributed by atoms with Crippen molar-refractivity contribution in [2.24, 2.45) is 0 Å². The molecule has 0 aliphatic carbocycles. The van der Waals surface area contributed by atoms with E-state index in [1.54, 1.807) is 59.4 Å². The standard InChI is InChI=1S/C19H18Cl2N2O3/c1-26-17-4-2-13(3-5-17)18(24)22-6-8-23(9-7-22)19(25)14-10-15(20)12-16(21)11-14/h2-5,10-12H,6-9H2,1H3. The van der Waals surface area contributed by atoms with Crippen LogP contribution < -0.4 is 4.74 Å². The normalized spacial score (nSPS) is 14.3. The quantitative estimate of drug-likeness (QED) is 0.801. The van der Waals surface area contributed by atoms with E-state index in [9.17, 15) is 9.59 Å². The minimum atomic E-state index is -0.133. The predicted octanol–water partition coefficient (Wildman–Crippen LogP) is 3.60. The number of ether oxygens (including phenoxy) is 1. The molecule has 0 aromatic heterocycles. The molecule has 0 N–H and O–H groups in total. The molecule has 0 atom stereocenters. The molecule has 136 valence electrons. The molecule has 1 fully saturated rings. The first kappa shape index (κ1) is 18.5. The van der Waals surface area contributed by atoms with Crippen LogP contribution in [0.1, 0.15) is 20.7 Å². The Kier molecular flexibility index (Phi) is 5.69. The number of piperazine rings is 1. The fraction of sp³-hybridized carbons (Fsp3) is 0.263. The van der Waals surface area contributed by atoms with Gasteiger partial charge in [-0.3, -0.25) is 9.59 Å². The van der Waals surface area contributed by atoms with E-state index < -0.39 is 0 Å². The molecule has 1 heterocycles. The average molecular weight is 393 g/mol. The maximum atomic E-state index is 12.6. The van der Waals surface area contributed by atoms with Gasteiger partial charge in [-0.15, -0.1) is 0 Å². The lowest BCUT2D eigenvalue weighted by Gasteiger charge is -2.35. The summed E-state index contributed by atoms with van der Waals surface area (Å²) in [5.41, 5.74) is 1.06. The van der Waals surface area contributed by atoms with Gasteiger partial charge in [-0.25, -0.2) is 0 Å². The summed E-state index contributed by atoms with van der Waals surface area (Å²) in [6, 6.07) is 11.8. The highest BCUT2D eigenvalue weighted by atomic mass is 35.5. The number of carbonyl (C=O) groups is 2. The number of hydrogen-bond donors (Lipinski definition) is 0. The van der Waals surface area contributed by atoms with Gasteiger partial charge in [0.15, 0.2) is 0 Å². The van der Waals surface area contributed by atoms with Gasteiger partial charge < -0.3 is 14.5 Å². The summed E-state index contributed by atoms with van der Waals surface area (Å²) >= 11 is 11.9. The second-order valence-corrected chi connectivity index (χ2v) is 6.84. The van der Waals surface area contributed by atoms with E-state index in [-0.39, 0.29) is 11.8 Å². The number of benzene rings is 2. The van der Waals surface area contributed by atoms with Crippen molar-refractivity contribution in [2.75, 3.05) is 33.3 Å². The van der Waals surface area contributed by atoms with Gasteiger partial charge in [0.05, 0.1) is 7.11 Å². The predicted molar refractivity (Wildman–Crippen MR) is 101 cm³/mol. The molecule has 0 radical (unpaired) electrons. The zero-order chi connectivity index (χ0) is 18.7. The lowest BCUT2D eigenvalue weighted by molar-refractivity contribution is 0.0535. The Labute approximate surface area is 162 Å². The Morgan fingerprint density at radius 3 is 1.73 bits per heavy atom. The van der Waals surface area contributed by atoms with Crippen molar-refractivity contribution in [2.45, 2.75) is 0 Å². The Morgan fingerprint density at radius 2 is 1.27 bits per heavy atom. The number of halogens is 2. The van der Waals surface area contributed by atoms with Crippen LogP contribution in [0.5, 0.6) is 5.75 Å². The fourth-order valence-corrected chi connectivity index (χ4v) is 3.41. The molecule has 2 amide bonds. The van der Waals surface area contributed by atoms with Crippen LogP contribution >= 0.6 is 23.2 Å². The number of carbonyl (C=O) groups excluding carboxylic acids is 2. The van der Waals surface area contributed by atoms with E-state index in [1.807, 2.05) is 0 Å². The third-order valence-corrected chi connectivity index (χ3v) is 4.74. The zero-order valence-electron chi connectivity index (χ0n) is 14.2. The van der Waals surface area contributed by atoms with Crippen LogP contribution in [-0.4, -0.2) is 54.9 Å². The van der Waals surface area contributed by atoms with Crippen molar-refractivity contribution in [3.8, 4) is 5.75 Å². The molecular formula is C19H18Cl2N2O3. The SMILES string of the molecule is COc1ccc(C(=O)N2CCN(C(=O)c3cc(Cl)cc(Cl)c3)CC2)cc1. The van der Waals surface area contributed by atoms with E-state index in [0.29, 0.717) is 53.1 Å². The van der Waals surface area contributed by atoms with Gasteiger partial charge in [-0.1, -0.05) is 23.2 Å². The molecule has 1 aliphatic rings. The molecule has 2 aromatic rings. The van der Waals surface area contributed by atoms with Gasteiger partial charge in [0.25, 0.3) is 11.8 Å². The van der Waals surface area contributed by atoms with Crippen molar-refractivity contribution in [1.82, 2.24) is 9.80 Å². The zero-order valence-corrected chi connectivity index (χ0v) is 15.8.